The molecule has 2 heteroatoms. The van der Waals surface area contributed by atoms with Crippen LogP contribution in [0.15, 0.2) is 0 Å². The molecule has 1 nitrogen and oxygen atoms in total. The summed E-state index contributed by atoms with van der Waals surface area (Å²) >= 11 is 0. The van der Waals surface area contributed by atoms with Crippen molar-refractivity contribution in [1.82, 2.24) is 5.32 Å². The van der Waals surface area contributed by atoms with Gasteiger partial charge in [0.1, 0.15) is 0 Å². The molecule has 1 radical (unpaired) electrons. The first kappa shape index (κ1) is 6.39. The molecule has 0 aliphatic heterocycles. The summed E-state index contributed by atoms with van der Waals surface area (Å²) in [5.74, 6) is 0. The highest BCUT2D eigenvalue weighted by atomic mass is 31.0. The molecule has 0 amide bonds. The summed E-state index contributed by atoms with van der Waals surface area (Å²) in [5, 5.41) is 3.04. The van der Waals surface area contributed by atoms with Gasteiger partial charge in [0, 0.05) is 6.29 Å². The lowest BCUT2D eigenvalue weighted by Gasteiger charge is -1.90. The Morgan fingerprint density at radius 2 is 2.50 bits per heavy atom. The molecule has 0 bridgehead atoms. The van der Waals surface area contributed by atoms with Crippen molar-refractivity contribution in [2.45, 2.75) is 13.3 Å². The van der Waals surface area contributed by atoms with Gasteiger partial charge in [-0.3, -0.25) is 0 Å². The van der Waals surface area contributed by atoms with Crippen molar-refractivity contribution in [2.75, 3.05) is 6.54 Å². The zero-order valence-corrected chi connectivity index (χ0v) is 5.22. The Labute approximate surface area is 41.7 Å². The van der Waals surface area contributed by atoms with Gasteiger partial charge in [-0.25, -0.2) is 0 Å². The SMILES string of the molecule is CCCN[CH]P. The van der Waals surface area contributed by atoms with Crippen LogP contribution in [-0.2, 0) is 0 Å². The maximum Gasteiger partial charge on any atom is 0.0400 e. The van der Waals surface area contributed by atoms with Gasteiger partial charge < -0.3 is 5.32 Å². The maximum atomic E-state index is 3.04. The van der Waals surface area contributed by atoms with Gasteiger partial charge in [-0.2, -0.15) is 0 Å². The Hall–Kier alpha value is 0.390. The molecular formula is C4H11NP. The van der Waals surface area contributed by atoms with Crippen molar-refractivity contribution in [3.05, 3.63) is 6.29 Å². The van der Waals surface area contributed by atoms with Crippen LogP contribution in [0.1, 0.15) is 13.3 Å². The van der Waals surface area contributed by atoms with E-state index in [2.05, 4.69) is 21.5 Å². The average molecular weight is 104 g/mol. The molecule has 6 heavy (non-hydrogen) atoms. The largest absolute Gasteiger partial charge is 0.309 e. The van der Waals surface area contributed by atoms with Crippen LogP contribution in [0, 0.1) is 6.29 Å². The third-order valence-corrected chi connectivity index (χ3v) is 0.748. The molecule has 0 aromatic carbocycles. The monoisotopic (exact) mass is 104 g/mol. The van der Waals surface area contributed by atoms with E-state index in [1.807, 2.05) is 6.29 Å². The zero-order chi connectivity index (χ0) is 4.83. The number of hydrogen-bond acceptors (Lipinski definition) is 1. The van der Waals surface area contributed by atoms with Gasteiger partial charge in [0.2, 0.25) is 0 Å². The van der Waals surface area contributed by atoms with Gasteiger partial charge in [0.15, 0.2) is 0 Å². The second kappa shape index (κ2) is 5.39. The molecule has 1 atom stereocenters. The molecule has 1 N–H and O–H groups in total. The van der Waals surface area contributed by atoms with E-state index >= 15 is 0 Å². The van der Waals surface area contributed by atoms with Crippen LogP contribution in [0.2, 0.25) is 0 Å². The highest BCUT2D eigenvalue weighted by molar-refractivity contribution is 7.19. The van der Waals surface area contributed by atoms with E-state index in [0.717, 1.165) is 6.54 Å². The summed E-state index contributed by atoms with van der Waals surface area (Å²) < 4.78 is 0. The number of rotatable bonds is 3. The highest BCUT2D eigenvalue weighted by Gasteiger charge is 1.72. The Morgan fingerprint density at radius 3 is 2.67 bits per heavy atom. The van der Waals surface area contributed by atoms with Crippen molar-refractivity contribution >= 4 is 9.24 Å². The van der Waals surface area contributed by atoms with E-state index in [9.17, 15) is 0 Å². The van der Waals surface area contributed by atoms with Crippen molar-refractivity contribution < 1.29 is 0 Å². The smallest absolute Gasteiger partial charge is 0.0400 e. The van der Waals surface area contributed by atoms with Crippen LogP contribution < -0.4 is 5.32 Å². The zero-order valence-electron chi connectivity index (χ0n) is 4.07. The number of hydrogen-bond donors (Lipinski definition) is 1. The van der Waals surface area contributed by atoms with E-state index in [1.54, 1.807) is 0 Å². The molecule has 0 aromatic heterocycles. The number of nitrogens with one attached hydrogen (secondary N) is 1. The van der Waals surface area contributed by atoms with Gasteiger partial charge in [-0.15, -0.1) is 9.24 Å². The minimum Gasteiger partial charge on any atom is -0.309 e. The summed E-state index contributed by atoms with van der Waals surface area (Å²) in [6, 6.07) is 0. The Kier molecular flexibility index (Phi) is 5.74. The first-order chi connectivity index (χ1) is 2.91. The molecule has 0 rings (SSSR count). The average Bonchev–Trinajstić information content (AvgIpc) is 1.61. The summed E-state index contributed by atoms with van der Waals surface area (Å²) in [6.45, 7) is 3.23. The molecule has 0 aliphatic rings. The summed E-state index contributed by atoms with van der Waals surface area (Å²) in [4.78, 5) is 0. The fourth-order valence-corrected chi connectivity index (χ4v) is 0.394. The van der Waals surface area contributed by atoms with Gasteiger partial charge in [0.25, 0.3) is 0 Å². The topological polar surface area (TPSA) is 12.0 Å². The molecule has 37 valence electrons. The summed E-state index contributed by atoms with van der Waals surface area (Å²) in [6.07, 6.45) is 3.08. The summed E-state index contributed by atoms with van der Waals surface area (Å²) in [7, 11) is 2.49. The van der Waals surface area contributed by atoms with Crippen LogP contribution in [0.25, 0.3) is 0 Å². The Balaban J connectivity index is 2.34. The van der Waals surface area contributed by atoms with Crippen LogP contribution in [0.4, 0.5) is 0 Å². The van der Waals surface area contributed by atoms with Crippen LogP contribution >= 0.6 is 9.24 Å². The van der Waals surface area contributed by atoms with Crippen molar-refractivity contribution in [3.8, 4) is 0 Å². The Bertz CT molecular complexity index is 19.5. The van der Waals surface area contributed by atoms with E-state index in [1.165, 1.54) is 6.42 Å². The van der Waals surface area contributed by atoms with Crippen molar-refractivity contribution in [1.29, 1.82) is 0 Å². The first-order valence-electron chi connectivity index (χ1n) is 2.18. The van der Waals surface area contributed by atoms with Crippen molar-refractivity contribution in [3.63, 3.8) is 0 Å². The lowest BCUT2D eigenvalue weighted by atomic mass is 10.5. The standard InChI is InChI=1S/C4H11NP/c1-2-3-5-4-6/h4-5H,2-3,6H2,1H3. The lowest BCUT2D eigenvalue weighted by molar-refractivity contribution is 0.797. The van der Waals surface area contributed by atoms with Gasteiger partial charge in [-0.05, 0) is 13.0 Å². The van der Waals surface area contributed by atoms with Crippen LogP contribution in [-0.4, -0.2) is 6.54 Å². The molecule has 0 saturated heterocycles. The molecular weight excluding hydrogens is 93.0 g/mol. The quantitative estimate of drug-likeness (QED) is 0.415. The fourth-order valence-electron chi connectivity index (χ4n) is 0.228. The fraction of sp³-hybridized carbons (Fsp3) is 0.750. The molecule has 0 fully saturated rings. The van der Waals surface area contributed by atoms with Gasteiger partial charge >= 0.3 is 0 Å². The Morgan fingerprint density at radius 1 is 1.83 bits per heavy atom. The third-order valence-electron chi connectivity index (χ3n) is 0.512. The molecule has 0 aromatic rings. The molecule has 1 unspecified atom stereocenters. The predicted octanol–water partition coefficient (Wildman–Crippen LogP) is 0.980. The molecule has 0 heterocycles. The van der Waals surface area contributed by atoms with Crippen molar-refractivity contribution in [2.24, 2.45) is 0 Å². The van der Waals surface area contributed by atoms with Gasteiger partial charge in [-0.1, -0.05) is 6.92 Å². The van der Waals surface area contributed by atoms with E-state index in [0.29, 0.717) is 0 Å². The second-order valence-electron chi connectivity index (χ2n) is 1.12. The van der Waals surface area contributed by atoms with Gasteiger partial charge in [0.05, 0.1) is 0 Å². The van der Waals surface area contributed by atoms with Crippen LogP contribution in [0.3, 0.4) is 0 Å². The highest BCUT2D eigenvalue weighted by Crippen LogP contribution is 1.80. The van der Waals surface area contributed by atoms with Crippen LogP contribution in [0.5, 0.6) is 0 Å². The third kappa shape index (κ3) is 4.39. The van der Waals surface area contributed by atoms with E-state index < -0.39 is 0 Å². The van der Waals surface area contributed by atoms with E-state index in [-0.39, 0.29) is 0 Å². The minimum atomic E-state index is 1.09. The maximum absolute atomic E-state index is 3.04. The minimum absolute atomic E-state index is 1.09. The molecule has 0 aliphatic carbocycles. The lowest BCUT2D eigenvalue weighted by Crippen LogP contribution is -2.05. The van der Waals surface area contributed by atoms with E-state index in [4.69, 9.17) is 0 Å². The predicted molar refractivity (Wildman–Crippen MR) is 32.3 cm³/mol. The summed E-state index contributed by atoms with van der Waals surface area (Å²) in [5.41, 5.74) is 0. The molecule has 0 saturated carbocycles. The molecule has 0 spiro atoms. The first-order valence-corrected chi connectivity index (χ1v) is 2.85. The normalized spacial score (nSPS) is 9.00. The second-order valence-corrected chi connectivity index (χ2v) is 1.45.